The van der Waals surface area contributed by atoms with Crippen molar-refractivity contribution in [3.8, 4) is 39.2 Å². The van der Waals surface area contributed by atoms with Gasteiger partial charge in [0.25, 0.3) is 0 Å². The summed E-state index contributed by atoms with van der Waals surface area (Å²) in [4.78, 5) is 5.56. The minimum Gasteiger partial charge on any atom is -0.309 e. The highest BCUT2D eigenvalue weighted by molar-refractivity contribution is 7.26. The molecule has 63 heavy (non-hydrogen) atoms. The van der Waals surface area contributed by atoms with Gasteiger partial charge in [0.2, 0.25) is 0 Å². The smallest absolute Gasteiger partial charge is 0.156 e. The molecule has 14 aromatic rings. The first kappa shape index (κ1) is 34.6. The molecule has 0 atom stereocenters. The lowest BCUT2D eigenvalue weighted by Crippen LogP contribution is -1.93. The number of fused-ring (bicyclic) bond motifs is 16. The van der Waals surface area contributed by atoms with Gasteiger partial charge in [0.15, 0.2) is 5.65 Å². The van der Waals surface area contributed by atoms with Gasteiger partial charge in [-0.05, 0) is 97.2 Å². The van der Waals surface area contributed by atoms with Crippen molar-refractivity contribution in [3.05, 3.63) is 212 Å². The van der Waals surface area contributed by atoms with E-state index in [1.165, 1.54) is 102 Å². The standard InChI is InChI=1S/C59H35N3S/c1-2-12-43(13-3-1)61-51-17-9-8-16-47(51)48-29-27-42(34-54(48)61)38-20-18-36(19-21-38)37-22-24-41(25-23-37)53-35-50-56-45-15-7-5-11-40(45)28-33-55(56)63-58(50)59-60-57-49-30-26-39-10-4-6-14-44(39)46(49)31-32-52(57)62(53)59/h1-35H. The number of aromatic nitrogens is 3. The van der Waals surface area contributed by atoms with Gasteiger partial charge in [0.05, 0.1) is 32.5 Å². The monoisotopic (exact) mass is 817 g/mol. The Labute approximate surface area is 366 Å². The van der Waals surface area contributed by atoms with E-state index in [4.69, 9.17) is 4.98 Å². The lowest BCUT2D eigenvalue weighted by atomic mass is 9.98. The Kier molecular flexibility index (Phi) is 7.27. The molecule has 0 saturated carbocycles. The van der Waals surface area contributed by atoms with Crippen molar-refractivity contribution in [1.82, 2.24) is 14.0 Å². The van der Waals surface area contributed by atoms with Crippen LogP contribution in [0.2, 0.25) is 0 Å². The van der Waals surface area contributed by atoms with Crippen molar-refractivity contribution in [2.24, 2.45) is 0 Å². The first-order chi connectivity index (χ1) is 31.2. The van der Waals surface area contributed by atoms with Crippen LogP contribution in [0, 0.1) is 0 Å². The molecule has 0 saturated heterocycles. The first-order valence-corrected chi connectivity index (χ1v) is 22.3. The first-order valence-electron chi connectivity index (χ1n) is 21.5. The van der Waals surface area contributed by atoms with Crippen LogP contribution < -0.4 is 0 Å². The normalized spacial score (nSPS) is 12.1. The molecule has 292 valence electrons. The maximum atomic E-state index is 5.56. The highest BCUT2D eigenvalue weighted by atomic mass is 32.1. The molecule has 0 aliphatic carbocycles. The molecule has 0 fully saturated rings. The van der Waals surface area contributed by atoms with Crippen molar-refractivity contribution < 1.29 is 0 Å². The number of benzene rings is 10. The van der Waals surface area contributed by atoms with E-state index in [9.17, 15) is 0 Å². The molecule has 3 nitrogen and oxygen atoms in total. The second-order valence-corrected chi connectivity index (χ2v) is 17.7. The maximum Gasteiger partial charge on any atom is 0.156 e. The molecule has 4 heteroatoms. The summed E-state index contributed by atoms with van der Waals surface area (Å²) in [6.07, 6.45) is 0. The molecule has 4 aromatic heterocycles. The van der Waals surface area contributed by atoms with E-state index in [1.807, 2.05) is 11.3 Å². The molecule has 0 aliphatic heterocycles. The molecule has 14 rings (SSSR count). The van der Waals surface area contributed by atoms with Crippen molar-refractivity contribution in [2.75, 3.05) is 0 Å². The second-order valence-electron chi connectivity index (χ2n) is 16.7. The van der Waals surface area contributed by atoms with Gasteiger partial charge in [-0.15, -0.1) is 11.3 Å². The van der Waals surface area contributed by atoms with Crippen molar-refractivity contribution in [1.29, 1.82) is 0 Å². The van der Waals surface area contributed by atoms with Crippen molar-refractivity contribution >= 4 is 102 Å². The number of hydrogen-bond acceptors (Lipinski definition) is 2. The average Bonchev–Trinajstić information content (AvgIpc) is 4.04. The SMILES string of the molecule is c1ccc(-n2c3ccccc3c3ccc(-c4ccc(-c5ccc(-c6cc7c(sc8ccc9ccccc9c87)c7nc8c9ccc%10ccccc%10c9ccc8n67)cc5)cc4)cc32)cc1. The van der Waals surface area contributed by atoms with Gasteiger partial charge in [0.1, 0.15) is 0 Å². The number of para-hydroxylation sites is 2. The summed E-state index contributed by atoms with van der Waals surface area (Å²) in [7, 11) is 0. The van der Waals surface area contributed by atoms with Crippen molar-refractivity contribution in [3.63, 3.8) is 0 Å². The number of rotatable bonds is 4. The van der Waals surface area contributed by atoms with Gasteiger partial charge in [0, 0.05) is 37.3 Å². The molecular weight excluding hydrogens is 783 g/mol. The van der Waals surface area contributed by atoms with Gasteiger partial charge in [-0.3, -0.25) is 4.40 Å². The molecule has 4 heterocycles. The van der Waals surface area contributed by atoms with Gasteiger partial charge in [-0.2, -0.15) is 0 Å². The molecule has 0 spiro atoms. The predicted molar refractivity (Wildman–Crippen MR) is 269 cm³/mol. The Morgan fingerprint density at radius 3 is 1.75 bits per heavy atom. The van der Waals surface area contributed by atoms with E-state index in [-0.39, 0.29) is 0 Å². The van der Waals surface area contributed by atoms with E-state index in [1.54, 1.807) is 0 Å². The van der Waals surface area contributed by atoms with Gasteiger partial charge in [-0.25, -0.2) is 4.98 Å². The molecule has 0 radical (unpaired) electrons. The zero-order chi connectivity index (χ0) is 41.2. The maximum absolute atomic E-state index is 5.56. The Hall–Kier alpha value is -8.05. The van der Waals surface area contributed by atoms with Crippen LogP contribution in [-0.4, -0.2) is 14.0 Å². The molecule has 0 bridgehead atoms. The van der Waals surface area contributed by atoms with Crippen LogP contribution in [0.5, 0.6) is 0 Å². The third-order valence-electron chi connectivity index (χ3n) is 13.3. The summed E-state index contributed by atoms with van der Waals surface area (Å²) in [5.74, 6) is 0. The highest BCUT2D eigenvalue weighted by Crippen LogP contribution is 2.45. The fraction of sp³-hybridized carbons (Fsp3) is 0. The summed E-state index contributed by atoms with van der Waals surface area (Å²) in [5.41, 5.74) is 13.8. The molecule has 0 aliphatic rings. The topological polar surface area (TPSA) is 22.2 Å². The largest absolute Gasteiger partial charge is 0.309 e. The minimum atomic E-state index is 1.01. The zero-order valence-electron chi connectivity index (χ0n) is 34.0. The highest BCUT2D eigenvalue weighted by Gasteiger charge is 2.21. The number of thiophene rings is 1. The van der Waals surface area contributed by atoms with Crippen LogP contribution >= 0.6 is 11.3 Å². The average molecular weight is 818 g/mol. The third-order valence-corrected chi connectivity index (χ3v) is 14.5. The van der Waals surface area contributed by atoms with Crippen LogP contribution in [0.4, 0.5) is 0 Å². The quantitative estimate of drug-likeness (QED) is 0.162. The molecule has 0 amide bonds. The van der Waals surface area contributed by atoms with Crippen LogP contribution in [0.1, 0.15) is 0 Å². The summed E-state index contributed by atoms with van der Waals surface area (Å²) < 4.78 is 7.28. The fourth-order valence-corrected chi connectivity index (χ4v) is 11.5. The Balaban J connectivity index is 0.903. The lowest BCUT2D eigenvalue weighted by Gasteiger charge is -2.11. The molecule has 0 unspecified atom stereocenters. The van der Waals surface area contributed by atoms with E-state index in [2.05, 4.69) is 221 Å². The Morgan fingerprint density at radius 1 is 0.365 bits per heavy atom. The molecule has 10 aromatic carbocycles. The number of hydrogen-bond donors (Lipinski definition) is 0. The fourth-order valence-electron chi connectivity index (χ4n) is 10.3. The summed E-state index contributed by atoms with van der Waals surface area (Å²) in [6, 6.07) is 77.8. The number of pyridine rings is 1. The zero-order valence-corrected chi connectivity index (χ0v) is 34.8. The Morgan fingerprint density at radius 2 is 0.952 bits per heavy atom. The number of imidazole rings is 1. The van der Waals surface area contributed by atoms with E-state index in [0.29, 0.717) is 0 Å². The summed E-state index contributed by atoms with van der Waals surface area (Å²) in [6.45, 7) is 0. The van der Waals surface area contributed by atoms with Crippen LogP contribution in [0.3, 0.4) is 0 Å². The van der Waals surface area contributed by atoms with E-state index in [0.717, 1.165) is 27.9 Å². The van der Waals surface area contributed by atoms with Gasteiger partial charge >= 0.3 is 0 Å². The summed E-state index contributed by atoms with van der Waals surface area (Å²) >= 11 is 1.85. The second kappa shape index (κ2) is 13.2. The van der Waals surface area contributed by atoms with E-state index < -0.39 is 0 Å². The third kappa shape index (κ3) is 5.10. The van der Waals surface area contributed by atoms with E-state index >= 15 is 0 Å². The van der Waals surface area contributed by atoms with Crippen LogP contribution in [-0.2, 0) is 0 Å². The van der Waals surface area contributed by atoms with Crippen molar-refractivity contribution in [2.45, 2.75) is 0 Å². The summed E-state index contributed by atoms with van der Waals surface area (Å²) in [5, 5.41) is 12.5. The molecule has 0 N–H and O–H groups in total. The Bertz CT molecular complexity index is 4170. The minimum absolute atomic E-state index is 1.01. The predicted octanol–water partition coefficient (Wildman–Crippen LogP) is 16.4. The van der Waals surface area contributed by atoms with Crippen LogP contribution in [0.15, 0.2) is 212 Å². The number of nitrogens with zero attached hydrogens (tertiary/aromatic N) is 3. The lowest BCUT2D eigenvalue weighted by molar-refractivity contribution is 1.18. The van der Waals surface area contributed by atoms with Crippen LogP contribution in [0.25, 0.3) is 130 Å². The molecular formula is C59H35N3S. The van der Waals surface area contributed by atoms with Gasteiger partial charge < -0.3 is 4.57 Å². The van der Waals surface area contributed by atoms with Gasteiger partial charge in [-0.1, -0.05) is 170 Å².